The number of carbonyl (C=O) groups excluding carboxylic acids is 1. The van der Waals surface area contributed by atoms with Crippen molar-refractivity contribution in [2.75, 3.05) is 5.73 Å². The Hall–Kier alpha value is -2.58. The minimum atomic E-state index is -0.874. The first-order valence-corrected chi connectivity index (χ1v) is 4.50. The van der Waals surface area contributed by atoms with E-state index in [0.29, 0.717) is 0 Å². The van der Waals surface area contributed by atoms with Crippen molar-refractivity contribution in [2.24, 2.45) is 24.9 Å². The molecule has 1 heterocycles. The van der Waals surface area contributed by atoms with Crippen LogP contribution in [-0.2, 0) is 14.1 Å². The Morgan fingerprint density at radius 2 is 1.94 bits per heavy atom. The minimum Gasteiger partial charge on any atom is -0.384 e. The molecular formula is C8H12N6O3. The van der Waals surface area contributed by atoms with Gasteiger partial charge >= 0.3 is 11.7 Å². The molecule has 0 aromatic carbocycles. The maximum absolute atomic E-state index is 11.7. The van der Waals surface area contributed by atoms with Gasteiger partial charge in [-0.3, -0.25) is 13.9 Å². The number of hydrogen-bond donors (Lipinski definition) is 3. The number of nitrogen functional groups attached to an aromatic ring is 1. The molecule has 9 heteroatoms. The number of amides is 2. The molecule has 0 aliphatic rings. The van der Waals surface area contributed by atoms with Crippen LogP contribution < -0.4 is 28.1 Å². The van der Waals surface area contributed by atoms with Crippen LogP contribution in [0, 0.1) is 0 Å². The van der Waals surface area contributed by atoms with Gasteiger partial charge in [-0.1, -0.05) is 0 Å². The lowest BCUT2D eigenvalue weighted by atomic mass is 10.3. The minimum absolute atomic E-state index is 0.0108. The second kappa shape index (κ2) is 4.51. The summed E-state index contributed by atoms with van der Waals surface area (Å²) < 4.78 is 1.97. The monoisotopic (exact) mass is 240 g/mol. The number of rotatable bonds is 2. The lowest BCUT2D eigenvalue weighted by Crippen LogP contribution is -2.40. The quantitative estimate of drug-likeness (QED) is 0.394. The van der Waals surface area contributed by atoms with Gasteiger partial charge in [-0.15, -0.1) is 0 Å². The van der Waals surface area contributed by atoms with Gasteiger partial charge in [0, 0.05) is 14.1 Å². The molecule has 5 N–H and O–H groups in total. The summed E-state index contributed by atoms with van der Waals surface area (Å²) in [6.45, 7) is 0. The van der Waals surface area contributed by atoms with E-state index in [-0.39, 0.29) is 11.4 Å². The van der Waals surface area contributed by atoms with Crippen LogP contribution in [0.2, 0.25) is 0 Å². The second-order valence-electron chi connectivity index (χ2n) is 3.24. The van der Waals surface area contributed by atoms with Gasteiger partial charge in [0.15, 0.2) is 0 Å². The number of nitrogens with one attached hydrogen (secondary N) is 1. The van der Waals surface area contributed by atoms with Gasteiger partial charge in [-0.2, -0.15) is 5.10 Å². The van der Waals surface area contributed by atoms with Crippen LogP contribution in [0.3, 0.4) is 0 Å². The fourth-order valence-electron chi connectivity index (χ4n) is 1.17. The normalized spacial score (nSPS) is 10.7. The van der Waals surface area contributed by atoms with Gasteiger partial charge in [0.1, 0.15) is 11.4 Å². The summed E-state index contributed by atoms with van der Waals surface area (Å²) in [6, 6.07) is -0.874. The zero-order valence-electron chi connectivity index (χ0n) is 9.30. The maximum Gasteiger partial charge on any atom is 0.332 e. The lowest BCUT2D eigenvalue weighted by Gasteiger charge is -2.08. The number of anilines is 1. The molecule has 0 radical (unpaired) electrons. The van der Waals surface area contributed by atoms with Crippen LogP contribution in [0.5, 0.6) is 0 Å². The first-order valence-electron chi connectivity index (χ1n) is 4.50. The zero-order chi connectivity index (χ0) is 13.2. The Bertz CT molecular complexity index is 597. The lowest BCUT2D eigenvalue weighted by molar-refractivity contribution is 0.249. The molecule has 1 rings (SSSR count). The van der Waals surface area contributed by atoms with E-state index in [1.165, 1.54) is 14.1 Å². The number of hydrazone groups is 1. The third-order valence-electron chi connectivity index (χ3n) is 2.11. The molecule has 0 saturated carbocycles. The summed E-state index contributed by atoms with van der Waals surface area (Å²) in [5, 5.41) is 3.42. The number of nitrogens with zero attached hydrogens (tertiary/aromatic N) is 3. The van der Waals surface area contributed by atoms with Crippen molar-refractivity contribution >= 4 is 18.1 Å². The molecule has 1 aromatic heterocycles. The number of carbonyl (C=O) groups is 1. The van der Waals surface area contributed by atoms with Crippen molar-refractivity contribution in [3.63, 3.8) is 0 Å². The van der Waals surface area contributed by atoms with Crippen molar-refractivity contribution in [1.82, 2.24) is 14.6 Å². The average molecular weight is 240 g/mol. The Balaban J connectivity index is 3.35. The fraction of sp³-hybridized carbons (Fsp3) is 0.250. The molecule has 0 fully saturated rings. The molecule has 0 atom stereocenters. The first-order chi connectivity index (χ1) is 7.86. The molecule has 17 heavy (non-hydrogen) atoms. The van der Waals surface area contributed by atoms with E-state index in [1.54, 1.807) is 0 Å². The van der Waals surface area contributed by atoms with Gasteiger partial charge < -0.3 is 11.5 Å². The van der Waals surface area contributed by atoms with Crippen molar-refractivity contribution in [3.05, 3.63) is 26.4 Å². The average Bonchev–Trinajstić information content (AvgIpc) is 2.28. The molecule has 92 valence electrons. The van der Waals surface area contributed by atoms with Crippen molar-refractivity contribution < 1.29 is 4.79 Å². The Labute approximate surface area is 95.3 Å². The third kappa shape index (κ3) is 2.33. The molecule has 0 aliphatic carbocycles. The fourth-order valence-corrected chi connectivity index (χ4v) is 1.17. The molecule has 0 unspecified atom stereocenters. The highest BCUT2D eigenvalue weighted by Gasteiger charge is 2.10. The van der Waals surface area contributed by atoms with E-state index in [2.05, 4.69) is 5.10 Å². The van der Waals surface area contributed by atoms with Gasteiger partial charge in [0.05, 0.1) is 6.21 Å². The first kappa shape index (κ1) is 12.5. The van der Waals surface area contributed by atoms with Gasteiger partial charge in [-0.25, -0.2) is 15.0 Å². The highest BCUT2D eigenvalue weighted by molar-refractivity contribution is 5.86. The summed E-state index contributed by atoms with van der Waals surface area (Å²) in [4.78, 5) is 33.5. The van der Waals surface area contributed by atoms with E-state index < -0.39 is 17.3 Å². The van der Waals surface area contributed by atoms with E-state index in [4.69, 9.17) is 11.5 Å². The molecule has 9 nitrogen and oxygen atoms in total. The number of hydrogen-bond acceptors (Lipinski definition) is 5. The van der Waals surface area contributed by atoms with E-state index in [0.717, 1.165) is 15.3 Å². The van der Waals surface area contributed by atoms with E-state index in [1.807, 2.05) is 5.43 Å². The molecule has 0 saturated heterocycles. The van der Waals surface area contributed by atoms with Crippen LogP contribution in [0.1, 0.15) is 5.56 Å². The summed E-state index contributed by atoms with van der Waals surface area (Å²) in [5.41, 5.74) is 11.1. The largest absolute Gasteiger partial charge is 0.384 e. The van der Waals surface area contributed by atoms with Crippen LogP contribution in [0.4, 0.5) is 10.6 Å². The Kier molecular flexibility index (Phi) is 3.31. The van der Waals surface area contributed by atoms with Gasteiger partial charge in [-0.05, 0) is 0 Å². The molecule has 1 aromatic rings. The number of nitrogens with two attached hydrogens (primary N) is 2. The SMILES string of the molecule is Cn1c(N)c(/C=N/NC(N)=O)c(=O)n(C)c1=O. The molecular weight excluding hydrogens is 228 g/mol. The van der Waals surface area contributed by atoms with Crippen molar-refractivity contribution in [3.8, 4) is 0 Å². The predicted octanol–water partition coefficient (Wildman–Crippen LogP) is -2.33. The standard InChI is InChI=1S/C8H12N6O3/c1-13-5(9)4(3-11-12-7(10)16)6(15)14(2)8(13)17/h3H,9H2,1-2H3,(H3,10,12,16)/b11-3+. The van der Waals surface area contributed by atoms with Crippen molar-refractivity contribution in [1.29, 1.82) is 0 Å². The predicted molar refractivity (Wildman–Crippen MR) is 61.6 cm³/mol. The van der Waals surface area contributed by atoms with Crippen LogP contribution in [0.15, 0.2) is 14.7 Å². The number of primary amides is 1. The highest BCUT2D eigenvalue weighted by Crippen LogP contribution is 1.98. The summed E-state index contributed by atoms with van der Waals surface area (Å²) >= 11 is 0. The van der Waals surface area contributed by atoms with E-state index >= 15 is 0 Å². The Morgan fingerprint density at radius 3 is 2.47 bits per heavy atom. The van der Waals surface area contributed by atoms with Gasteiger partial charge in [0.2, 0.25) is 0 Å². The topological polar surface area (TPSA) is 138 Å². The summed E-state index contributed by atoms with van der Waals surface area (Å²) in [6.07, 6.45) is 1.03. The molecule has 0 bridgehead atoms. The van der Waals surface area contributed by atoms with Gasteiger partial charge in [0.25, 0.3) is 5.56 Å². The Morgan fingerprint density at radius 1 is 1.35 bits per heavy atom. The number of urea groups is 1. The third-order valence-corrected chi connectivity index (χ3v) is 2.11. The van der Waals surface area contributed by atoms with Crippen LogP contribution in [-0.4, -0.2) is 21.4 Å². The summed E-state index contributed by atoms with van der Waals surface area (Å²) in [5.74, 6) is -0.0480. The molecule has 2 amide bonds. The maximum atomic E-state index is 11.7. The summed E-state index contributed by atoms with van der Waals surface area (Å²) in [7, 11) is 2.72. The highest BCUT2D eigenvalue weighted by atomic mass is 16.2. The number of aromatic nitrogens is 2. The smallest absolute Gasteiger partial charge is 0.332 e. The molecule has 0 aliphatic heterocycles. The van der Waals surface area contributed by atoms with E-state index in [9.17, 15) is 14.4 Å². The zero-order valence-corrected chi connectivity index (χ0v) is 9.30. The van der Waals surface area contributed by atoms with Crippen LogP contribution in [0.25, 0.3) is 0 Å². The second-order valence-corrected chi connectivity index (χ2v) is 3.24. The van der Waals surface area contributed by atoms with Crippen molar-refractivity contribution in [2.45, 2.75) is 0 Å². The molecule has 0 spiro atoms. The van der Waals surface area contributed by atoms with Crippen LogP contribution >= 0.6 is 0 Å².